The van der Waals surface area contributed by atoms with E-state index < -0.39 is 5.82 Å². The highest BCUT2D eigenvalue weighted by Gasteiger charge is 2.13. The Morgan fingerprint density at radius 2 is 2.20 bits per heavy atom. The van der Waals surface area contributed by atoms with Gasteiger partial charge in [0, 0.05) is 17.2 Å². The van der Waals surface area contributed by atoms with Crippen LogP contribution in [0.2, 0.25) is 0 Å². The third-order valence-corrected chi connectivity index (χ3v) is 5.01. The van der Waals surface area contributed by atoms with Gasteiger partial charge in [-0.05, 0) is 31.2 Å². The van der Waals surface area contributed by atoms with Gasteiger partial charge in [0.25, 0.3) is 5.56 Å². The van der Waals surface area contributed by atoms with Crippen LogP contribution in [0.25, 0.3) is 11.0 Å². The molecule has 25 heavy (non-hydrogen) atoms. The number of nitrogens with one attached hydrogen (secondary N) is 2. The molecule has 0 fully saturated rings. The molecule has 1 aromatic carbocycles. The molecule has 0 aliphatic rings. The number of rotatable bonds is 4. The average molecular weight is 425 g/mol. The van der Waals surface area contributed by atoms with E-state index in [0.717, 1.165) is 17.5 Å². The second kappa shape index (κ2) is 7.01. The molecule has 1 amide bonds. The molecule has 3 aromatic rings. The van der Waals surface area contributed by atoms with Crippen molar-refractivity contribution in [1.29, 1.82) is 0 Å². The number of aromatic amines is 1. The highest BCUT2D eigenvalue weighted by molar-refractivity contribution is 9.10. The topological polar surface area (TPSA) is 79.8 Å². The number of nitrogens with zero attached hydrogens (tertiary/aromatic N) is 2. The van der Waals surface area contributed by atoms with Crippen LogP contribution in [0.15, 0.2) is 38.7 Å². The van der Waals surface area contributed by atoms with E-state index in [0.29, 0.717) is 20.7 Å². The summed E-state index contributed by atoms with van der Waals surface area (Å²) < 4.78 is 15.7. The molecule has 3 rings (SSSR count). The molecule has 0 aliphatic carbocycles. The van der Waals surface area contributed by atoms with Gasteiger partial charge in [-0.25, -0.2) is 9.37 Å². The number of carbonyl (C=O) groups excluding carboxylic acids is 1. The van der Waals surface area contributed by atoms with Crippen LogP contribution in [-0.4, -0.2) is 26.2 Å². The normalized spacial score (nSPS) is 11.0. The van der Waals surface area contributed by atoms with E-state index in [1.165, 1.54) is 16.7 Å². The number of hydrogen-bond donors (Lipinski definition) is 2. The summed E-state index contributed by atoms with van der Waals surface area (Å²) >= 11 is 4.28. The van der Waals surface area contributed by atoms with Crippen molar-refractivity contribution in [3.63, 3.8) is 0 Å². The first kappa shape index (κ1) is 17.7. The SMILES string of the molecule is Cc1cc2nc(SCC(=O)Nc3ccc(Br)cc3F)n(C)c(=O)c2[nH]1. The molecule has 0 saturated heterocycles. The summed E-state index contributed by atoms with van der Waals surface area (Å²) in [5.74, 6) is -0.904. The number of aryl methyl sites for hydroxylation is 1. The third kappa shape index (κ3) is 3.77. The molecule has 6 nitrogen and oxygen atoms in total. The van der Waals surface area contributed by atoms with Crippen LogP contribution in [0.4, 0.5) is 10.1 Å². The van der Waals surface area contributed by atoms with Crippen molar-refractivity contribution in [2.45, 2.75) is 12.1 Å². The lowest BCUT2D eigenvalue weighted by molar-refractivity contribution is -0.113. The molecule has 2 aromatic heterocycles. The molecular formula is C16H14BrFN4O2S. The summed E-state index contributed by atoms with van der Waals surface area (Å²) in [5, 5.41) is 2.93. The zero-order valence-electron chi connectivity index (χ0n) is 13.4. The number of benzene rings is 1. The third-order valence-electron chi connectivity index (χ3n) is 3.49. The van der Waals surface area contributed by atoms with Crippen molar-refractivity contribution in [2.75, 3.05) is 11.1 Å². The van der Waals surface area contributed by atoms with E-state index in [2.05, 4.69) is 31.2 Å². The molecule has 0 aliphatic heterocycles. The van der Waals surface area contributed by atoms with E-state index in [1.54, 1.807) is 19.2 Å². The summed E-state index contributed by atoms with van der Waals surface area (Å²) in [6, 6.07) is 6.16. The second-order valence-electron chi connectivity index (χ2n) is 5.43. The second-order valence-corrected chi connectivity index (χ2v) is 7.29. The van der Waals surface area contributed by atoms with Crippen molar-refractivity contribution >= 4 is 50.3 Å². The summed E-state index contributed by atoms with van der Waals surface area (Å²) in [6.07, 6.45) is 0. The summed E-state index contributed by atoms with van der Waals surface area (Å²) in [6.45, 7) is 1.84. The van der Waals surface area contributed by atoms with Crippen LogP contribution in [0, 0.1) is 12.7 Å². The van der Waals surface area contributed by atoms with E-state index in [4.69, 9.17) is 0 Å². The van der Waals surface area contributed by atoms with E-state index in [1.807, 2.05) is 6.92 Å². The van der Waals surface area contributed by atoms with E-state index in [9.17, 15) is 14.0 Å². The highest BCUT2D eigenvalue weighted by atomic mass is 79.9. The average Bonchev–Trinajstić information content (AvgIpc) is 2.93. The minimum atomic E-state index is -0.525. The molecule has 130 valence electrons. The Morgan fingerprint density at radius 3 is 2.92 bits per heavy atom. The number of fused-ring (bicyclic) bond motifs is 1. The van der Waals surface area contributed by atoms with Crippen molar-refractivity contribution in [3.8, 4) is 0 Å². The summed E-state index contributed by atoms with van der Waals surface area (Å²) in [5.41, 5.74) is 1.73. The first-order chi connectivity index (χ1) is 11.8. The van der Waals surface area contributed by atoms with E-state index >= 15 is 0 Å². The maximum absolute atomic E-state index is 13.8. The quantitative estimate of drug-likeness (QED) is 0.497. The Bertz CT molecular complexity index is 1030. The van der Waals surface area contributed by atoms with Crippen molar-refractivity contribution in [2.24, 2.45) is 7.05 Å². The number of halogens is 2. The van der Waals surface area contributed by atoms with Crippen LogP contribution in [0.5, 0.6) is 0 Å². The molecule has 0 spiro atoms. The highest BCUT2D eigenvalue weighted by Crippen LogP contribution is 2.21. The molecule has 2 heterocycles. The van der Waals surface area contributed by atoms with Gasteiger partial charge in [0.15, 0.2) is 5.16 Å². The minimum Gasteiger partial charge on any atom is -0.353 e. The Kier molecular flexibility index (Phi) is 4.96. The number of carbonyl (C=O) groups is 1. The smallest absolute Gasteiger partial charge is 0.278 e. The van der Waals surface area contributed by atoms with Gasteiger partial charge in [-0.3, -0.25) is 14.2 Å². The fourth-order valence-electron chi connectivity index (χ4n) is 2.29. The Morgan fingerprint density at radius 1 is 1.44 bits per heavy atom. The van der Waals surface area contributed by atoms with Gasteiger partial charge in [-0.2, -0.15) is 0 Å². The monoisotopic (exact) mass is 424 g/mol. The molecule has 2 N–H and O–H groups in total. The Labute approximate surface area is 155 Å². The zero-order chi connectivity index (χ0) is 18.1. The number of aromatic nitrogens is 3. The fourth-order valence-corrected chi connectivity index (χ4v) is 3.40. The number of anilines is 1. The lowest BCUT2D eigenvalue weighted by Crippen LogP contribution is -2.21. The largest absolute Gasteiger partial charge is 0.353 e. The molecule has 0 saturated carbocycles. The molecule has 9 heteroatoms. The van der Waals surface area contributed by atoms with Gasteiger partial charge < -0.3 is 10.3 Å². The minimum absolute atomic E-state index is 0.00466. The van der Waals surface area contributed by atoms with Gasteiger partial charge in [0.05, 0.1) is 17.0 Å². The number of amides is 1. The van der Waals surface area contributed by atoms with Crippen molar-refractivity contribution < 1.29 is 9.18 Å². The van der Waals surface area contributed by atoms with Gasteiger partial charge in [-0.15, -0.1) is 0 Å². The van der Waals surface area contributed by atoms with Crippen molar-refractivity contribution in [1.82, 2.24) is 14.5 Å². The fraction of sp³-hybridized carbons (Fsp3) is 0.188. The Hall–Kier alpha value is -2.13. The predicted octanol–water partition coefficient (Wildman–Crippen LogP) is 3.20. The maximum atomic E-state index is 13.8. The molecule has 0 atom stereocenters. The maximum Gasteiger partial charge on any atom is 0.278 e. The van der Waals surface area contributed by atoms with Gasteiger partial charge in [0.1, 0.15) is 11.3 Å². The van der Waals surface area contributed by atoms with Gasteiger partial charge >= 0.3 is 0 Å². The molecule has 0 radical (unpaired) electrons. The van der Waals surface area contributed by atoms with Crippen molar-refractivity contribution in [3.05, 3.63) is 50.6 Å². The van der Waals surface area contributed by atoms with Crippen LogP contribution >= 0.6 is 27.7 Å². The van der Waals surface area contributed by atoms with Gasteiger partial charge in [0.2, 0.25) is 5.91 Å². The van der Waals surface area contributed by atoms with Crippen LogP contribution in [0.1, 0.15) is 5.69 Å². The first-order valence-electron chi connectivity index (χ1n) is 7.29. The zero-order valence-corrected chi connectivity index (χ0v) is 15.8. The lowest BCUT2D eigenvalue weighted by atomic mass is 10.3. The molecular weight excluding hydrogens is 411 g/mol. The molecule has 0 bridgehead atoms. The summed E-state index contributed by atoms with van der Waals surface area (Å²) in [4.78, 5) is 31.7. The number of thioether (sulfide) groups is 1. The van der Waals surface area contributed by atoms with Crippen LogP contribution in [0.3, 0.4) is 0 Å². The predicted molar refractivity (Wildman–Crippen MR) is 99.5 cm³/mol. The van der Waals surface area contributed by atoms with Crippen LogP contribution < -0.4 is 10.9 Å². The Balaban J connectivity index is 1.75. The summed E-state index contributed by atoms with van der Waals surface area (Å²) in [7, 11) is 1.60. The van der Waals surface area contributed by atoms with Crippen LogP contribution in [-0.2, 0) is 11.8 Å². The molecule has 0 unspecified atom stereocenters. The number of hydrogen-bond acceptors (Lipinski definition) is 4. The van der Waals surface area contributed by atoms with Gasteiger partial charge in [-0.1, -0.05) is 27.7 Å². The standard InChI is InChI=1S/C16H14BrFN4O2S/c1-8-5-12-14(19-8)15(24)22(2)16(21-12)25-7-13(23)20-11-4-3-9(17)6-10(11)18/h3-6,19H,7H2,1-2H3,(H,20,23). The number of H-pyrrole nitrogens is 1. The van der Waals surface area contributed by atoms with E-state index in [-0.39, 0.29) is 22.9 Å². The lowest BCUT2D eigenvalue weighted by Gasteiger charge is -2.08. The first-order valence-corrected chi connectivity index (χ1v) is 9.07.